The topological polar surface area (TPSA) is 265 Å². The number of carbonyl (C=O) groups is 1. The van der Waals surface area contributed by atoms with Crippen LogP contribution in [-0.4, -0.2) is 161 Å². The molecule has 2 unspecified atom stereocenters. The summed E-state index contributed by atoms with van der Waals surface area (Å²) in [6.07, 6.45) is -1.24. The van der Waals surface area contributed by atoms with E-state index in [2.05, 4.69) is 31.6 Å². The first kappa shape index (κ1) is 41.6. The van der Waals surface area contributed by atoms with Crippen molar-refractivity contribution in [3.63, 3.8) is 0 Å². The summed E-state index contributed by atoms with van der Waals surface area (Å²) in [4.78, 5) is 14.4. The molecule has 3 aliphatic rings. The SMILES string of the molecule is CC(=O)[C@@H](N)CCCN=C(N)N.CNC[C@H]1CCC(NC)[C@@H](O[C@H]2C(NC)C[C@@H](NC)[C@@H](O[C@H]3OC[C@](C)(O)[C@@H](NC)[C@H]3O)[C@H]2O)O1. The lowest BCUT2D eigenvalue weighted by Gasteiger charge is -2.49. The zero-order chi connectivity index (χ0) is 35.3. The molecule has 1 aliphatic carbocycles. The van der Waals surface area contributed by atoms with E-state index in [-0.39, 0.29) is 48.6 Å². The number of rotatable bonds is 15. The Morgan fingerprint density at radius 1 is 0.957 bits per heavy atom. The third-order valence-corrected chi connectivity index (χ3v) is 9.19. The number of guanidine groups is 1. The number of hydrogen-bond donors (Lipinski definition) is 11. The second kappa shape index (κ2) is 20.2. The van der Waals surface area contributed by atoms with E-state index in [0.717, 1.165) is 25.8 Å². The number of carbonyl (C=O) groups excluding carboxylic acids is 1. The van der Waals surface area contributed by atoms with Crippen molar-refractivity contribution in [2.24, 2.45) is 22.2 Å². The van der Waals surface area contributed by atoms with Crippen molar-refractivity contribution in [1.82, 2.24) is 26.6 Å². The average Bonchev–Trinajstić information content (AvgIpc) is 3.02. The van der Waals surface area contributed by atoms with Crippen molar-refractivity contribution in [1.29, 1.82) is 0 Å². The molecule has 276 valence electrons. The molecular weight excluding hydrogens is 614 g/mol. The number of nitrogens with two attached hydrogens (primary N) is 3. The van der Waals surface area contributed by atoms with Crippen LogP contribution in [0.15, 0.2) is 4.99 Å². The van der Waals surface area contributed by atoms with Gasteiger partial charge in [-0.15, -0.1) is 0 Å². The smallest absolute Gasteiger partial charge is 0.185 e. The van der Waals surface area contributed by atoms with Gasteiger partial charge in [0.25, 0.3) is 0 Å². The third kappa shape index (κ3) is 12.1. The van der Waals surface area contributed by atoms with Gasteiger partial charge in [-0.05, 0) is 81.2 Å². The molecule has 0 bridgehead atoms. The van der Waals surface area contributed by atoms with Crippen LogP contribution in [0, 0.1) is 0 Å². The molecule has 2 saturated heterocycles. The lowest BCUT2D eigenvalue weighted by molar-refractivity contribution is -0.309. The molecule has 47 heavy (non-hydrogen) atoms. The molecule has 2 aliphatic heterocycles. The van der Waals surface area contributed by atoms with Gasteiger partial charge in [-0.3, -0.25) is 9.79 Å². The molecule has 17 nitrogen and oxygen atoms in total. The summed E-state index contributed by atoms with van der Waals surface area (Å²) >= 11 is 0. The number of aliphatic hydroxyl groups excluding tert-OH is 2. The summed E-state index contributed by atoms with van der Waals surface area (Å²) in [5, 5.41) is 48.8. The van der Waals surface area contributed by atoms with Crippen LogP contribution in [0.2, 0.25) is 0 Å². The molecule has 13 atom stereocenters. The fourth-order valence-corrected chi connectivity index (χ4v) is 6.36. The monoisotopic (exact) mass is 677 g/mol. The second-order valence-corrected chi connectivity index (χ2v) is 12.8. The van der Waals surface area contributed by atoms with E-state index >= 15 is 0 Å². The van der Waals surface area contributed by atoms with Crippen LogP contribution in [0.3, 0.4) is 0 Å². The molecule has 0 amide bonds. The molecule has 1 saturated carbocycles. The van der Waals surface area contributed by atoms with Crippen molar-refractivity contribution in [3.8, 4) is 0 Å². The third-order valence-electron chi connectivity index (χ3n) is 9.19. The van der Waals surface area contributed by atoms with Crippen molar-refractivity contribution in [2.45, 2.75) is 125 Å². The molecule has 3 rings (SSSR count). The van der Waals surface area contributed by atoms with Gasteiger partial charge in [0.15, 0.2) is 18.5 Å². The van der Waals surface area contributed by atoms with Crippen molar-refractivity contribution in [2.75, 3.05) is 54.9 Å². The highest BCUT2D eigenvalue weighted by Gasteiger charge is 2.51. The number of Topliss-reactive ketones (excluding diaryl/α,β-unsaturated/α-hetero) is 1. The Bertz CT molecular complexity index is 947. The zero-order valence-corrected chi connectivity index (χ0v) is 29.1. The first-order valence-corrected chi connectivity index (χ1v) is 16.6. The van der Waals surface area contributed by atoms with Crippen LogP contribution >= 0.6 is 0 Å². The molecule has 14 N–H and O–H groups in total. The number of likely N-dealkylation sites (N-methyl/N-ethyl adjacent to an activating group) is 5. The summed E-state index contributed by atoms with van der Waals surface area (Å²) in [7, 11) is 9.10. The maximum atomic E-state index is 11.5. The lowest BCUT2D eigenvalue weighted by atomic mass is 9.83. The molecule has 2 heterocycles. The predicted octanol–water partition coefficient (Wildman–Crippen LogP) is -3.98. The summed E-state index contributed by atoms with van der Waals surface area (Å²) in [6.45, 7) is 4.32. The fraction of sp³-hybridized carbons (Fsp3) is 0.933. The van der Waals surface area contributed by atoms with Gasteiger partial charge in [0, 0.05) is 25.2 Å². The van der Waals surface area contributed by atoms with Crippen LogP contribution in [0.4, 0.5) is 0 Å². The fourth-order valence-electron chi connectivity index (χ4n) is 6.36. The van der Waals surface area contributed by atoms with Crippen molar-refractivity contribution in [3.05, 3.63) is 0 Å². The minimum atomic E-state index is -1.26. The van der Waals surface area contributed by atoms with Gasteiger partial charge < -0.3 is 78.1 Å². The number of hydrogen-bond acceptors (Lipinski definition) is 15. The molecule has 0 aromatic rings. The predicted molar refractivity (Wildman–Crippen MR) is 179 cm³/mol. The van der Waals surface area contributed by atoms with Gasteiger partial charge >= 0.3 is 0 Å². The minimum Gasteiger partial charge on any atom is -0.388 e. The van der Waals surface area contributed by atoms with Gasteiger partial charge in [-0.25, -0.2) is 0 Å². The molecule has 17 heteroatoms. The van der Waals surface area contributed by atoms with E-state index < -0.39 is 48.6 Å². The van der Waals surface area contributed by atoms with Crippen LogP contribution in [0.1, 0.15) is 46.0 Å². The van der Waals surface area contributed by atoms with Gasteiger partial charge in [0.05, 0.1) is 30.8 Å². The Kier molecular flexibility index (Phi) is 17.9. The van der Waals surface area contributed by atoms with Crippen LogP contribution in [0.25, 0.3) is 0 Å². The quantitative estimate of drug-likeness (QED) is 0.0448. The van der Waals surface area contributed by atoms with E-state index in [1.54, 1.807) is 14.0 Å². The number of aliphatic imine (C=N–C) groups is 1. The Morgan fingerprint density at radius 3 is 2.06 bits per heavy atom. The summed E-state index contributed by atoms with van der Waals surface area (Å²) < 4.78 is 24.6. The second-order valence-electron chi connectivity index (χ2n) is 12.8. The Balaban J connectivity index is 0.000000544. The van der Waals surface area contributed by atoms with Crippen LogP contribution < -0.4 is 43.8 Å². The minimum absolute atomic E-state index is 0.000278. The number of nitrogens with one attached hydrogen (secondary N) is 5. The first-order valence-electron chi connectivity index (χ1n) is 16.6. The molecule has 3 fully saturated rings. The number of ketones is 1. The van der Waals surface area contributed by atoms with Crippen LogP contribution in [-0.2, 0) is 23.7 Å². The lowest BCUT2D eigenvalue weighted by Crippen LogP contribution is -2.69. The Morgan fingerprint density at radius 2 is 1.55 bits per heavy atom. The molecule has 0 radical (unpaired) electrons. The van der Waals surface area contributed by atoms with Crippen molar-refractivity contribution >= 4 is 11.7 Å². The highest BCUT2D eigenvalue weighted by Crippen LogP contribution is 2.32. The van der Waals surface area contributed by atoms with E-state index in [1.807, 2.05) is 28.2 Å². The summed E-state index contributed by atoms with van der Waals surface area (Å²) in [6, 6.07) is -1.41. The normalized spacial score (nSPS) is 38.1. The van der Waals surface area contributed by atoms with E-state index in [1.165, 1.54) is 6.92 Å². The maximum Gasteiger partial charge on any atom is 0.185 e. The molecule has 0 aromatic carbocycles. The van der Waals surface area contributed by atoms with Gasteiger partial charge in [0.1, 0.15) is 35.8 Å². The van der Waals surface area contributed by atoms with Gasteiger partial charge in [-0.1, -0.05) is 0 Å². The summed E-state index contributed by atoms with van der Waals surface area (Å²) in [5.41, 5.74) is 14.4. The van der Waals surface area contributed by atoms with Crippen molar-refractivity contribution < 1.29 is 39.1 Å². The highest BCUT2D eigenvalue weighted by atomic mass is 16.7. The Labute approximate surface area is 279 Å². The largest absolute Gasteiger partial charge is 0.388 e. The standard InChI is InChI=1S/C23H47N5O7.C7H16N4O/c1-23(31)11-32-22(17(30)20(23)28-6)35-19-15(27-5)9-14(26-4)18(16(19)29)34-21-13(25-3)8-7-12(33-21)10-24-2;1-5(12)6(8)3-2-4-11-7(9)10/h12-22,24-31H,7-11H2,1-6H3;6H,2-4,8H2,1H3,(H4,9,10,11)/t12-,13?,14?,15-,16+,17-,18+,19-,20+,21-,22-,23+;6-/m10/s1. The van der Waals surface area contributed by atoms with Crippen LogP contribution in [0.5, 0.6) is 0 Å². The highest BCUT2D eigenvalue weighted by molar-refractivity contribution is 5.81. The molecular formula is C30H63N9O8. The van der Waals surface area contributed by atoms with E-state index in [0.29, 0.717) is 19.4 Å². The molecule has 0 aromatic heterocycles. The molecule has 0 spiro atoms. The first-order chi connectivity index (χ1) is 22.2. The van der Waals surface area contributed by atoms with Gasteiger partial charge in [0.2, 0.25) is 0 Å². The van der Waals surface area contributed by atoms with E-state index in [9.17, 15) is 20.1 Å². The number of ether oxygens (including phenoxy) is 4. The Hall–Kier alpha value is -1.58. The van der Waals surface area contributed by atoms with E-state index in [4.69, 9.17) is 36.1 Å². The average molecular weight is 678 g/mol. The number of aliphatic hydroxyl groups is 3. The number of nitrogens with zero attached hydrogens (tertiary/aromatic N) is 1. The maximum absolute atomic E-state index is 11.5. The zero-order valence-electron chi connectivity index (χ0n) is 29.1. The van der Waals surface area contributed by atoms with Gasteiger partial charge in [-0.2, -0.15) is 0 Å². The summed E-state index contributed by atoms with van der Waals surface area (Å²) in [5.74, 6) is 0.0751.